The van der Waals surface area contributed by atoms with Gasteiger partial charge in [0.1, 0.15) is 5.75 Å². The first-order valence-corrected chi connectivity index (χ1v) is 7.23. The normalized spacial score (nSPS) is 23.4. The van der Waals surface area contributed by atoms with Crippen molar-refractivity contribution in [1.29, 1.82) is 0 Å². The van der Waals surface area contributed by atoms with E-state index in [1.807, 2.05) is 31.2 Å². The monoisotopic (exact) mass is 277 g/mol. The largest absolute Gasteiger partial charge is 0.481 e. The number of aryl methyl sites for hydroxylation is 1. The summed E-state index contributed by atoms with van der Waals surface area (Å²) in [5.74, 6) is 0.988. The standard InChI is InChI=1S/C16H23NO3/c1-11-3-7-15(8-4-11)20-12(2)16(19)17-10-13-5-6-14(18)9-13/h3-4,7-8,12-14,18H,5-6,9-10H2,1-2H3,(H,17,19). The molecule has 2 N–H and O–H groups in total. The van der Waals surface area contributed by atoms with Crippen LogP contribution in [-0.2, 0) is 4.79 Å². The Labute approximate surface area is 120 Å². The van der Waals surface area contributed by atoms with Crippen molar-refractivity contribution in [3.05, 3.63) is 29.8 Å². The number of amides is 1. The van der Waals surface area contributed by atoms with Crippen LogP contribution in [0.5, 0.6) is 5.75 Å². The van der Waals surface area contributed by atoms with Crippen molar-refractivity contribution in [2.24, 2.45) is 5.92 Å². The lowest BCUT2D eigenvalue weighted by atomic mass is 10.1. The molecule has 2 rings (SSSR count). The number of carbonyl (C=O) groups excluding carboxylic acids is 1. The zero-order valence-corrected chi connectivity index (χ0v) is 12.1. The molecule has 0 bridgehead atoms. The maximum Gasteiger partial charge on any atom is 0.260 e. The number of aliphatic hydroxyl groups excluding tert-OH is 1. The molecule has 0 saturated heterocycles. The summed E-state index contributed by atoms with van der Waals surface area (Å²) in [6.07, 6.45) is 1.90. The summed E-state index contributed by atoms with van der Waals surface area (Å²) < 4.78 is 5.61. The summed E-state index contributed by atoms with van der Waals surface area (Å²) in [4.78, 5) is 12.0. The Balaban J connectivity index is 1.75. The molecule has 0 aromatic heterocycles. The van der Waals surface area contributed by atoms with Crippen LogP contribution < -0.4 is 10.1 Å². The highest BCUT2D eigenvalue weighted by molar-refractivity contribution is 5.80. The van der Waals surface area contributed by atoms with Gasteiger partial charge in [-0.25, -0.2) is 0 Å². The van der Waals surface area contributed by atoms with Gasteiger partial charge in [0, 0.05) is 6.54 Å². The highest BCUT2D eigenvalue weighted by atomic mass is 16.5. The smallest absolute Gasteiger partial charge is 0.260 e. The molecule has 0 radical (unpaired) electrons. The lowest BCUT2D eigenvalue weighted by Crippen LogP contribution is -2.38. The molecule has 0 heterocycles. The molecule has 1 aliphatic rings. The van der Waals surface area contributed by atoms with Gasteiger partial charge in [-0.1, -0.05) is 17.7 Å². The summed E-state index contributed by atoms with van der Waals surface area (Å²) >= 11 is 0. The Hall–Kier alpha value is -1.55. The molecule has 1 aliphatic carbocycles. The van der Waals surface area contributed by atoms with Crippen molar-refractivity contribution < 1.29 is 14.6 Å². The molecule has 1 fully saturated rings. The topological polar surface area (TPSA) is 58.6 Å². The Bertz CT molecular complexity index is 444. The zero-order chi connectivity index (χ0) is 14.5. The van der Waals surface area contributed by atoms with E-state index in [2.05, 4.69) is 5.32 Å². The van der Waals surface area contributed by atoms with Crippen LogP contribution in [0.1, 0.15) is 31.7 Å². The van der Waals surface area contributed by atoms with E-state index in [0.29, 0.717) is 18.2 Å². The fourth-order valence-electron chi connectivity index (χ4n) is 2.50. The third-order valence-electron chi connectivity index (χ3n) is 3.78. The third-order valence-corrected chi connectivity index (χ3v) is 3.78. The summed E-state index contributed by atoms with van der Waals surface area (Å²) in [7, 11) is 0. The summed E-state index contributed by atoms with van der Waals surface area (Å²) in [6.45, 7) is 4.38. The van der Waals surface area contributed by atoms with E-state index in [9.17, 15) is 9.90 Å². The maximum atomic E-state index is 12.0. The van der Waals surface area contributed by atoms with E-state index in [-0.39, 0.29) is 12.0 Å². The summed E-state index contributed by atoms with van der Waals surface area (Å²) in [6, 6.07) is 7.65. The van der Waals surface area contributed by atoms with E-state index in [4.69, 9.17) is 4.74 Å². The number of hydrogen-bond acceptors (Lipinski definition) is 3. The number of benzene rings is 1. The van der Waals surface area contributed by atoms with Crippen molar-refractivity contribution >= 4 is 5.91 Å². The quantitative estimate of drug-likeness (QED) is 0.866. The predicted molar refractivity (Wildman–Crippen MR) is 77.6 cm³/mol. The molecule has 4 heteroatoms. The number of carbonyl (C=O) groups is 1. The first-order valence-electron chi connectivity index (χ1n) is 7.23. The van der Waals surface area contributed by atoms with Gasteiger partial charge in [0.25, 0.3) is 5.91 Å². The van der Waals surface area contributed by atoms with Crippen LogP contribution in [0.15, 0.2) is 24.3 Å². The van der Waals surface area contributed by atoms with Crippen LogP contribution >= 0.6 is 0 Å². The number of aliphatic hydroxyl groups is 1. The molecular weight excluding hydrogens is 254 g/mol. The Kier molecular flexibility index (Phi) is 5.01. The maximum absolute atomic E-state index is 12.0. The Morgan fingerprint density at radius 1 is 1.40 bits per heavy atom. The van der Waals surface area contributed by atoms with E-state index in [1.54, 1.807) is 6.92 Å². The van der Waals surface area contributed by atoms with Crippen LogP contribution in [0.4, 0.5) is 0 Å². The van der Waals surface area contributed by atoms with E-state index in [0.717, 1.165) is 24.8 Å². The van der Waals surface area contributed by atoms with E-state index in [1.165, 1.54) is 0 Å². The second kappa shape index (κ2) is 6.75. The molecule has 3 atom stereocenters. The van der Waals surface area contributed by atoms with E-state index >= 15 is 0 Å². The first kappa shape index (κ1) is 14.9. The van der Waals surface area contributed by atoms with Crippen LogP contribution in [0.25, 0.3) is 0 Å². The summed E-state index contributed by atoms with van der Waals surface area (Å²) in [5, 5.41) is 12.4. The predicted octanol–water partition coefficient (Wildman–Crippen LogP) is 2.04. The molecule has 20 heavy (non-hydrogen) atoms. The average molecular weight is 277 g/mol. The van der Waals surface area contributed by atoms with Gasteiger partial charge < -0.3 is 15.2 Å². The molecule has 3 unspecified atom stereocenters. The van der Waals surface area contributed by atoms with Crippen molar-refractivity contribution in [3.63, 3.8) is 0 Å². The van der Waals surface area contributed by atoms with Gasteiger partial charge in [0.15, 0.2) is 6.10 Å². The van der Waals surface area contributed by atoms with Gasteiger partial charge in [-0.05, 0) is 51.2 Å². The van der Waals surface area contributed by atoms with Crippen molar-refractivity contribution in [2.45, 2.75) is 45.3 Å². The van der Waals surface area contributed by atoms with Crippen molar-refractivity contribution in [2.75, 3.05) is 6.54 Å². The lowest BCUT2D eigenvalue weighted by Gasteiger charge is -2.16. The summed E-state index contributed by atoms with van der Waals surface area (Å²) in [5.41, 5.74) is 1.16. The number of nitrogens with one attached hydrogen (secondary N) is 1. The molecule has 0 spiro atoms. The van der Waals surface area contributed by atoms with Gasteiger partial charge >= 0.3 is 0 Å². The highest BCUT2D eigenvalue weighted by Gasteiger charge is 2.24. The third kappa shape index (κ3) is 4.23. The molecule has 1 aromatic carbocycles. The van der Waals surface area contributed by atoms with Gasteiger partial charge in [-0.2, -0.15) is 0 Å². The minimum absolute atomic E-state index is 0.105. The van der Waals surface area contributed by atoms with Gasteiger partial charge in [0.2, 0.25) is 0 Å². The fraction of sp³-hybridized carbons (Fsp3) is 0.562. The zero-order valence-electron chi connectivity index (χ0n) is 12.1. The van der Waals surface area contributed by atoms with Gasteiger partial charge in [-0.15, -0.1) is 0 Å². The van der Waals surface area contributed by atoms with Crippen molar-refractivity contribution in [3.8, 4) is 5.75 Å². The van der Waals surface area contributed by atoms with Crippen LogP contribution in [0.3, 0.4) is 0 Å². The van der Waals surface area contributed by atoms with Crippen LogP contribution in [0.2, 0.25) is 0 Å². The Morgan fingerprint density at radius 2 is 2.10 bits per heavy atom. The highest BCUT2D eigenvalue weighted by Crippen LogP contribution is 2.24. The number of rotatable bonds is 5. The minimum Gasteiger partial charge on any atom is -0.481 e. The molecule has 4 nitrogen and oxygen atoms in total. The van der Waals surface area contributed by atoms with Crippen molar-refractivity contribution in [1.82, 2.24) is 5.32 Å². The molecular formula is C16H23NO3. The molecule has 1 saturated carbocycles. The first-order chi connectivity index (χ1) is 9.54. The minimum atomic E-state index is -0.510. The molecule has 110 valence electrons. The second-order valence-electron chi connectivity index (χ2n) is 5.65. The average Bonchev–Trinajstić information content (AvgIpc) is 2.84. The molecule has 0 aliphatic heterocycles. The fourth-order valence-corrected chi connectivity index (χ4v) is 2.50. The Morgan fingerprint density at radius 3 is 2.70 bits per heavy atom. The lowest BCUT2D eigenvalue weighted by molar-refractivity contribution is -0.127. The number of ether oxygens (including phenoxy) is 1. The number of hydrogen-bond donors (Lipinski definition) is 2. The van der Waals surface area contributed by atoms with Crippen LogP contribution in [-0.4, -0.2) is 29.8 Å². The SMILES string of the molecule is Cc1ccc(OC(C)C(=O)NCC2CCC(O)C2)cc1. The van der Waals surface area contributed by atoms with Gasteiger partial charge in [-0.3, -0.25) is 4.79 Å². The van der Waals surface area contributed by atoms with Gasteiger partial charge in [0.05, 0.1) is 6.10 Å². The second-order valence-corrected chi connectivity index (χ2v) is 5.65. The molecule has 1 aromatic rings. The van der Waals surface area contributed by atoms with Crippen LogP contribution in [0, 0.1) is 12.8 Å². The molecule has 1 amide bonds. The van der Waals surface area contributed by atoms with E-state index < -0.39 is 6.10 Å².